The lowest BCUT2D eigenvalue weighted by atomic mass is 9.75. The van der Waals surface area contributed by atoms with Gasteiger partial charge in [0.25, 0.3) is 0 Å². The molecule has 270 valence electrons. The number of hydrogen-bond donors (Lipinski definition) is 0. The number of hydrogen-bond acceptors (Lipinski definition) is 3. The predicted molar refractivity (Wildman–Crippen MR) is 232 cm³/mol. The second kappa shape index (κ2) is 12.7. The molecule has 0 fully saturated rings. The Bertz CT molecular complexity index is 3210. The Hall–Kier alpha value is -7.17. The molecule has 4 heteroatoms. The molecule has 57 heavy (non-hydrogen) atoms. The molecule has 0 radical (unpaired) electrons. The van der Waals surface area contributed by atoms with E-state index in [1.54, 1.807) is 0 Å². The fourth-order valence-electron chi connectivity index (χ4n) is 9.55. The predicted octanol–water partition coefficient (Wildman–Crippen LogP) is 13.7. The molecular weight excluding hydrogens is 697 g/mol. The fraction of sp³-hybridized carbons (Fsp3) is 0.0755. The number of pyridine rings is 1. The molecule has 10 aromatic rings. The quantitative estimate of drug-likeness (QED) is 0.165. The Morgan fingerprint density at radius 3 is 2.18 bits per heavy atom. The van der Waals surface area contributed by atoms with E-state index in [-0.39, 0.29) is 17.9 Å². The van der Waals surface area contributed by atoms with E-state index in [1.165, 1.54) is 32.9 Å². The first-order chi connectivity index (χ1) is 28.2. The van der Waals surface area contributed by atoms with Gasteiger partial charge in [-0.05, 0) is 89.9 Å². The highest BCUT2D eigenvalue weighted by molar-refractivity contribution is 6.10. The van der Waals surface area contributed by atoms with E-state index in [9.17, 15) is 0 Å². The molecule has 1 aliphatic carbocycles. The van der Waals surface area contributed by atoms with Crippen molar-refractivity contribution in [3.8, 4) is 44.9 Å². The molecule has 0 saturated heterocycles. The molecule has 12 rings (SSSR count). The summed E-state index contributed by atoms with van der Waals surface area (Å²) < 4.78 is 15.7. The molecule has 2 aliphatic rings. The van der Waals surface area contributed by atoms with Crippen molar-refractivity contribution in [3.05, 3.63) is 199 Å². The monoisotopic (exact) mass is 732 g/mol. The molecule has 0 bridgehead atoms. The summed E-state index contributed by atoms with van der Waals surface area (Å²) in [6.45, 7) is 0. The first kappa shape index (κ1) is 32.1. The van der Waals surface area contributed by atoms with Crippen LogP contribution in [0.2, 0.25) is 0 Å². The molecular formula is C53H36N2O2. The lowest BCUT2D eigenvalue weighted by molar-refractivity contribution is 0.232. The Morgan fingerprint density at radius 2 is 1.28 bits per heavy atom. The van der Waals surface area contributed by atoms with E-state index in [1.807, 2.05) is 12.1 Å². The van der Waals surface area contributed by atoms with Crippen LogP contribution in [0, 0.1) is 0 Å². The van der Waals surface area contributed by atoms with E-state index < -0.39 is 0 Å². The van der Waals surface area contributed by atoms with Crippen LogP contribution in [0.5, 0.6) is 5.75 Å². The number of benzene rings is 7. The lowest BCUT2D eigenvalue weighted by Gasteiger charge is -2.29. The maximum atomic E-state index is 7.00. The van der Waals surface area contributed by atoms with Crippen molar-refractivity contribution in [3.63, 3.8) is 0 Å². The normalized spacial score (nSPS) is 17.3. The van der Waals surface area contributed by atoms with Gasteiger partial charge in [-0.15, -0.1) is 0 Å². The summed E-state index contributed by atoms with van der Waals surface area (Å²) in [4.78, 5) is 5.48. The van der Waals surface area contributed by atoms with Crippen LogP contribution in [0.1, 0.15) is 29.5 Å². The minimum absolute atomic E-state index is 0.0823. The number of nitrogens with zero attached hydrogens (tertiary/aromatic N) is 2. The molecule has 3 atom stereocenters. The number of furan rings is 1. The highest BCUT2D eigenvalue weighted by Gasteiger charge is 2.42. The zero-order chi connectivity index (χ0) is 37.5. The van der Waals surface area contributed by atoms with Gasteiger partial charge in [0.2, 0.25) is 0 Å². The molecule has 0 spiro atoms. The van der Waals surface area contributed by atoms with Gasteiger partial charge < -0.3 is 13.7 Å². The highest BCUT2D eigenvalue weighted by atomic mass is 16.5. The maximum Gasteiger partial charge on any atom is 0.136 e. The van der Waals surface area contributed by atoms with Gasteiger partial charge in [0, 0.05) is 61.5 Å². The van der Waals surface area contributed by atoms with E-state index >= 15 is 0 Å². The number of allylic oxidation sites excluding steroid dienone is 1. The van der Waals surface area contributed by atoms with Gasteiger partial charge in [-0.1, -0.05) is 121 Å². The number of fused-ring (bicyclic) bond motifs is 9. The molecule has 1 aliphatic heterocycles. The maximum absolute atomic E-state index is 7.00. The van der Waals surface area contributed by atoms with E-state index in [0.29, 0.717) is 0 Å². The minimum atomic E-state index is -0.0823. The minimum Gasteiger partial charge on any atom is -0.485 e. The average Bonchev–Trinajstić information content (AvgIpc) is 3.96. The SMILES string of the molecule is C1=CC2Oc3c(-c4ccc5c(c4)c4ccccc4n5-c4ccccc4)cccc3C2C(c2cc(-c3ccccc3)cc(-c3ccc4c(c3)oc3ccccc34)n2)C1. The van der Waals surface area contributed by atoms with Crippen molar-refractivity contribution in [2.75, 3.05) is 0 Å². The summed E-state index contributed by atoms with van der Waals surface area (Å²) in [5, 5.41) is 4.71. The molecule has 0 N–H and O–H groups in total. The fourth-order valence-corrected chi connectivity index (χ4v) is 9.55. The van der Waals surface area contributed by atoms with Gasteiger partial charge >= 0.3 is 0 Å². The number of rotatable bonds is 5. The largest absolute Gasteiger partial charge is 0.485 e. The first-order valence-electron chi connectivity index (χ1n) is 19.8. The third kappa shape index (κ3) is 5.11. The van der Waals surface area contributed by atoms with Crippen molar-refractivity contribution >= 4 is 43.7 Å². The summed E-state index contributed by atoms with van der Waals surface area (Å²) in [7, 11) is 0. The van der Waals surface area contributed by atoms with Crippen molar-refractivity contribution < 1.29 is 9.15 Å². The van der Waals surface area contributed by atoms with Crippen LogP contribution in [0.4, 0.5) is 0 Å². The van der Waals surface area contributed by atoms with Gasteiger partial charge in [-0.3, -0.25) is 4.98 Å². The molecule has 0 saturated carbocycles. The summed E-state index contributed by atoms with van der Waals surface area (Å²) >= 11 is 0. The number of ether oxygens (including phenoxy) is 1. The summed E-state index contributed by atoms with van der Waals surface area (Å²) in [6.07, 6.45) is 5.35. The summed E-state index contributed by atoms with van der Waals surface area (Å²) in [5.41, 5.74) is 14.2. The molecule has 3 unspecified atom stereocenters. The number of para-hydroxylation sites is 4. The van der Waals surface area contributed by atoms with Crippen LogP contribution in [-0.4, -0.2) is 15.7 Å². The van der Waals surface area contributed by atoms with Gasteiger partial charge in [0.05, 0.1) is 16.7 Å². The number of aromatic nitrogens is 2. The van der Waals surface area contributed by atoms with Crippen molar-refractivity contribution in [2.24, 2.45) is 0 Å². The van der Waals surface area contributed by atoms with Gasteiger partial charge in [0.15, 0.2) is 0 Å². The molecule has 0 amide bonds. The van der Waals surface area contributed by atoms with E-state index in [0.717, 1.165) is 73.4 Å². The van der Waals surface area contributed by atoms with Crippen molar-refractivity contribution in [2.45, 2.75) is 24.4 Å². The van der Waals surface area contributed by atoms with Crippen LogP contribution >= 0.6 is 0 Å². The van der Waals surface area contributed by atoms with Crippen LogP contribution in [0.25, 0.3) is 82.9 Å². The van der Waals surface area contributed by atoms with Crippen LogP contribution in [0.3, 0.4) is 0 Å². The van der Waals surface area contributed by atoms with Crippen LogP contribution in [0.15, 0.2) is 192 Å². The highest BCUT2D eigenvalue weighted by Crippen LogP contribution is 2.53. The Labute approximate surface area is 329 Å². The standard InChI is InChI=1S/C53H36N2O2/c1-3-13-33(14-4-1)36-30-45(35-25-27-41-40-18-8-10-23-49(40)56-51(41)32-35)54-46(31-36)42-20-12-24-50-52(42)43-21-11-19-38(53(43)57-50)34-26-28-48-44(29-34)39-17-7-9-22-47(39)55(48)37-15-5-2-6-16-37/h1-19,21-32,42,50,52H,20H2. The second-order valence-electron chi connectivity index (χ2n) is 15.4. The Balaban J connectivity index is 0.976. The smallest absolute Gasteiger partial charge is 0.136 e. The Kier molecular flexibility index (Phi) is 7.15. The second-order valence-corrected chi connectivity index (χ2v) is 15.4. The molecule has 7 aromatic carbocycles. The van der Waals surface area contributed by atoms with Gasteiger partial charge in [-0.25, -0.2) is 0 Å². The molecule has 4 nitrogen and oxygen atoms in total. The van der Waals surface area contributed by atoms with E-state index in [4.69, 9.17) is 14.1 Å². The third-order valence-corrected chi connectivity index (χ3v) is 12.2. The van der Waals surface area contributed by atoms with Gasteiger partial charge in [-0.2, -0.15) is 0 Å². The zero-order valence-corrected chi connectivity index (χ0v) is 31.0. The third-order valence-electron chi connectivity index (χ3n) is 12.2. The average molecular weight is 733 g/mol. The summed E-state index contributed by atoms with van der Waals surface area (Å²) in [5.74, 6) is 1.23. The zero-order valence-electron chi connectivity index (χ0n) is 31.0. The molecule has 4 heterocycles. The van der Waals surface area contributed by atoms with Gasteiger partial charge in [0.1, 0.15) is 23.0 Å². The summed E-state index contributed by atoms with van der Waals surface area (Å²) in [6, 6.07) is 62.8. The Morgan fingerprint density at radius 1 is 0.526 bits per heavy atom. The topological polar surface area (TPSA) is 40.2 Å². The van der Waals surface area contributed by atoms with E-state index in [2.05, 4.69) is 181 Å². The van der Waals surface area contributed by atoms with Crippen molar-refractivity contribution in [1.29, 1.82) is 0 Å². The molecule has 3 aromatic heterocycles. The van der Waals surface area contributed by atoms with Crippen LogP contribution < -0.4 is 4.74 Å². The van der Waals surface area contributed by atoms with Crippen LogP contribution in [-0.2, 0) is 0 Å². The lowest BCUT2D eigenvalue weighted by Crippen LogP contribution is -2.26. The van der Waals surface area contributed by atoms with Crippen molar-refractivity contribution in [1.82, 2.24) is 9.55 Å². The first-order valence-corrected chi connectivity index (χ1v) is 19.8.